The maximum Gasteiger partial charge on any atom is 0.0939 e. The lowest BCUT2D eigenvalue weighted by Gasteiger charge is -2.19. The smallest absolute Gasteiger partial charge is 0.0939 e. The molecule has 0 saturated heterocycles. The number of benzene rings is 1. The fourth-order valence-corrected chi connectivity index (χ4v) is 2.67. The topological polar surface area (TPSA) is 24.9 Å². The van der Waals surface area contributed by atoms with E-state index < -0.39 is 0 Å². The van der Waals surface area contributed by atoms with Crippen molar-refractivity contribution in [2.45, 2.75) is 39.0 Å². The van der Waals surface area contributed by atoms with Crippen LogP contribution in [0.15, 0.2) is 24.3 Å². The molecule has 1 aliphatic rings. The van der Waals surface area contributed by atoms with Crippen molar-refractivity contribution < 1.29 is 0 Å². The summed E-state index contributed by atoms with van der Waals surface area (Å²) in [7, 11) is 0. The fraction of sp³-hybridized carbons (Fsp3) is 0.438. The maximum atomic E-state index is 4.86. The largest absolute Gasteiger partial charge is 0.383 e. The molecule has 0 unspecified atom stereocenters. The van der Waals surface area contributed by atoms with Gasteiger partial charge in [-0.3, -0.25) is 4.98 Å². The van der Waals surface area contributed by atoms with E-state index in [2.05, 4.69) is 36.5 Å². The molecular weight excluding hydrogens is 220 g/mol. The van der Waals surface area contributed by atoms with E-state index >= 15 is 0 Å². The predicted molar refractivity (Wildman–Crippen MR) is 77.2 cm³/mol. The molecule has 0 radical (unpaired) electrons. The van der Waals surface area contributed by atoms with Crippen molar-refractivity contribution in [1.29, 1.82) is 0 Å². The quantitative estimate of drug-likeness (QED) is 0.879. The summed E-state index contributed by atoms with van der Waals surface area (Å²) in [5.74, 6) is 0. The highest BCUT2D eigenvalue weighted by molar-refractivity contribution is 5.92. The third-order valence-corrected chi connectivity index (χ3v) is 3.72. The number of unbranched alkanes of at least 4 members (excludes halogenated alkanes) is 1. The average molecular weight is 240 g/mol. The lowest BCUT2D eigenvalue weighted by Crippen LogP contribution is -2.12. The summed E-state index contributed by atoms with van der Waals surface area (Å²) in [5, 5.41) is 4.78. The van der Waals surface area contributed by atoms with Crippen LogP contribution < -0.4 is 5.32 Å². The van der Waals surface area contributed by atoms with E-state index in [1.54, 1.807) is 0 Å². The minimum Gasteiger partial charge on any atom is -0.383 e. The van der Waals surface area contributed by atoms with Crippen molar-refractivity contribution in [3.05, 3.63) is 35.5 Å². The molecule has 0 bridgehead atoms. The Morgan fingerprint density at radius 3 is 3.00 bits per heavy atom. The fourth-order valence-electron chi connectivity index (χ4n) is 2.67. The van der Waals surface area contributed by atoms with Crippen LogP contribution in [0, 0.1) is 0 Å². The zero-order chi connectivity index (χ0) is 12.4. The molecule has 1 aliphatic heterocycles. The number of aromatic nitrogens is 1. The molecule has 0 fully saturated rings. The molecule has 2 aromatic rings. The van der Waals surface area contributed by atoms with Crippen LogP contribution in [-0.4, -0.2) is 11.5 Å². The highest BCUT2D eigenvalue weighted by Crippen LogP contribution is 2.30. The van der Waals surface area contributed by atoms with Crippen molar-refractivity contribution in [1.82, 2.24) is 4.98 Å². The number of hydrogen-bond acceptors (Lipinski definition) is 2. The number of nitrogens with one attached hydrogen (secondary N) is 1. The standard InChI is InChI=1S/C16H20N2/c1-2-3-6-14-10-9-13-8-7-12-5-4-11-17-15(12)16(13)18-14/h7-10,17H,2-6,11H2,1H3. The van der Waals surface area contributed by atoms with Gasteiger partial charge in [-0.1, -0.05) is 31.5 Å². The van der Waals surface area contributed by atoms with Gasteiger partial charge in [0.1, 0.15) is 0 Å². The first kappa shape index (κ1) is 11.5. The summed E-state index contributed by atoms with van der Waals surface area (Å²) >= 11 is 0. The van der Waals surface area contributed by atoms with Crippen LogP contribution in [0.3, 0.4) is 0 Å². The molecule has 0 saturated carbocycles. The van der Waals surface area contributed by atoms with Gasteiger partial charge in [0.15, 0.2) is 0 Å². The van der Waals surface area contributed by atoms with Crippen molar-refractivity contribution in [2.75, 3.05) is 11.9 Å². The van der Waals surface area contributed by atoms with Crippen molar-refractivity contribution >= 4 is 16.6 Å². The summed E-state index contributed by atoms with van der Waals surface area (Å²) in [6, 6.07) is 8.84. The molecule has 2 nitrogen and oxygen atoms in total. The molecule has 2 heterocycles. The lowest BCUT2D eigenvalue weighted by molar-refractivity contribution is 0.779. The van der Waals surface area contributed by atoms with Gasteiger partial charge in [0.05, 0.1) is 11.2 Å². The number of rotatable bonds is 3. The zero-order valence-electron chi connectivity index (χ0n) is 11.0. The highest BCUT2D eigenvalue weighted by Gasteiger charge is 2.12. The van der Waals surface area contributed by atoms with E-state index in [4.69, 9.17) is 4.98 Å². The third-order valence-electron chi connectivity index (χ3n) is 3.72. The molecule has 1 N–H and O–H groups in total. The zero-order valence-corrected chi connectivity index (χ0v) is 11.0. The normalized spacial score (nSPS) is 14.3. The van der Waals surface area contributed by atoms with Gasteiger partial charge in [0.2, 0.25) is 0 Å². The Morgan fingerprint density at radius 2 is 2.11 bits per heavy atom. The molecule has 2 heteroatoms. The molecule has 18 heavy (non-hydrogen) atoms. The van der Waals surface area contributed by atoms with Gasteiger partial charge in [-0.25, -0.2) is 0 Å². The Balaban J connectivity index is 2.06. The van der Waals surface area contributed by atoms with E-state index in [0.717, 1.165) is 13.0 Å². The summed E-state index contributed by atoms with van der Waals surface area (Å²) in [4.78, 5) is 4.86. The van der Waals surface area contributed by atoms with E-state index in [0.29, 0.717) is 0 Å². The van der Waals surface area contributed by atoms with Gasteiger partial charge in [-0.15, -0.1) is 0 Å². The van der Waals surface area contributed by atoms with Crippen molar-refractivity contribution in [2.24, 2.45) is 0 Å². The number of hydrogen-bond donors (Lipinski definition) is 1. The predicted octanol–water partition coefficient (Wildman–Crippen LogP) is 3.94. The maximum absolute atomic E-state index is 4.86. The van der Waals surface area contributed by atoms with Crippen LogP contribution in [0.2, 0.25) is 0 Å². The van der Waals surface area contributed by atoms with Crippen molar-refractivity contribution in [3.63, 3.8) is 0 Å². The minimum atomic E-state index is 1.08. The van der Waals surface area contributed by atoms with E-state index in [-0.39, 0.29) is 0 Å². The minimum absolute atomic E-state index is 1.08. The number of anilines is 1. The summed E-state index contributed by atoms with van der Waals surface area (Å²) in [6.07, 6.45) is 5.95. The molecule has 94 valence electrons. The summed E-state index contributed by atoms with van der Waals surface area (Å²) in [5.41, 5.74) is 5.09. The molecule has 3 rings (SSSR count). The van der Waals surface area contributed by atoms with Crippen LogP contribution in [-0.2, 0) is 12.8 Å². The monoisotopic (exact) mass is 240 g/mol. The molecule has 0 atom stereocenters. The van der Waals surface area contributed by atoms with Gasteiger partial charge < -0.3 is 5.32 Å². The van der Waals surface area contributed by atoms with E-state index in [9.17, 15) is 0 Å². The van der Waals surface area contributed by atoms with E-state index in [1.807, 2.05) is 0 Å². The van der Waals surface area contributed by atoms with Crippen LogP contribution >= 0.6 is 0 Å². The second-order valence-corrected chi connectivity index (χ2v) is 5.11. The first-order valence-electron chi connectivity index (χ1n) is 7.04. The molecule has 1 aromatic carbocycles. The number of pyridine rings is 1. The van der Waals surface area contributed by atoms with Gasteiger partial charge in [0, 0.05) is 17.6 Å². The first-order valence-corrected chi connectivity index (χ1v) is 7.04. The highest BCUT2D eigenvalue weighted by atomic mass is 14.9. The Hall–Kier alpha value is -1.57. The van der Waals surface area contributed by atoms with Crippen molar-refractivity contribution in [3.8, 4) is 0 Å². The summed E-state index contributed by atoms with van der Waals surface area (Å²) < 4.78 is 0. The number of aryl methyl sites for hydroxylation is 2. The first-order chi connectivity index (χ1) is 8.88. The Labute approximate surface area is 108 Å². The van der Waals surface area contributed by atoms with E-state index in [1.165, 1.54) is 53.5 Å². The van der Waals surface area contributed by atoms with Gasteiger partial charge >= 0.3 is 0 Å². The van der Waals surface area contributed by atoms with Crippen LogP contribution in [0.1, 0.15) is 37.4 Å². The van der Waals surface area contributed by atoms with Gasteiger partial charge in [-0.2, -0.15) is 0 Å². The van der Waals surface area contributed by atoms with Crippen LogP contribution in [0.25, 0.3) is 10.9 Å². The third kappa shape index (κ3) is 2.07. The SMILES string of the molecule is CCCCc1ccc2ccc3c(c2n1)NCCC3. The Bertz CT molecular complexity index is 560. The number of nitrogens with zero attached hydrogens (tertiary/aromatic N) is 1. The molecular formula is C16H20N2. The number of fused-ring (bicyclic) bond motifs is 3. The Morgan fingerprint density at radius 1 is 1.22 bits per heavy atom. The van der Waals surface area contributed by atoms with Gasteiger partial charge in [0.25, 0.3) is 0 Å². The molecule has 0 spiro atoms. The van der Waals surface area contributed by atoms with Crippen LogP contribution in [0.4, 0.5) is 5.69 Å². The second-order valence-electron chi connectivity index (χ2n) is 5.11. The van der Waals surface area contributed by atoms with Crippen LogP contribution in [0.5, 0.6) is 0 Å². The second kappa shape index (κ2) is 4.97. The molecule has 0 amide bonds. The summed E-state index contributed by atoms with van der Waals surface area (Å²) in [6.45, 7) is 3.30. The average Bonchev–Trinajstić information content (AvgIpc) is 2.45. The lowest BCUT2D eigenvalue weighted by atomic mass is 10.00. The van der Waals surface area contributed by atoms with Gasteiger partial charge in [-0.05, 0) is 37.3 Å². The Kier molecular flexibility index (Phi) is 3.18. The molecule has 1 aromatic heterocycles. The molecule has 0 aliphatic carbocycles.